The van der Waals surface area contributed by atoms with E-state index >= 15 is 0 Å². The van der Waals surface area contributed by atoms with Crippen molar-refractivity contribution in [2.75, 3.05) is 33.2 Å². The maximum Gasteiger partial charge on any atom is 0.306 e. The van der Waals surface area contributed by atoms with Crippen LogP contribution in [-0.4, -0.2) is 60.1 Å². The summed E-state index contributed by atoms with van der Waals surface area (Å²) in [5, 5.41) is 9.00. The quantitative estimate of drug-likeness (QED) is 0.785. The third kappa shape index (κ3) is 2.99. The Morgan fingerprint density at radius 2 is 1.82 bits per heavy atom. The maximum atomic E-state index is 10.9. The average Bonchev–Trinajstić information content (AvgIpc) is 2.29. The van der Waals surface area contributed by atoms with Crippen molar-refractivity contribution in [2.45, 2.75) is 32.2 Å². The van der Waals surface area contributed by atoms with E-state index in [9.17, 15) is 4.79 Å². The van der Waals surface area contributed by atoms with E-state index in [2.05, 4.69) is 23.8 Å². The SMILES string of the molecule is CC1CN(C)CCC1N1CCC(C(=O)O)CC1. The number of hydrogen-bond donors (Lipinski definition) is 1. The summed E-state index contributed by atoms with van der Waals surface area (Å²) in [6.07, 6.45) is 2.89. The van der Waals surface area contributed by atoms with Crippen LogP contribution >= 0.6 is 0 Å². The summed E-state index contributed by atoms with van der Waals surface area (Å²) in [5.74, 6) is -0.0102. The number of carboxylic acid groups (broad SMARTS) is 1. The molecule has 4 heteroatoms. The van der Waals surface area contributed by atoms with Crippen LogP contribution < -0.4 is 0 Å². The molecule has 2 aliphatic rings. The van der Waals surface area contributed by atoms with Crippen LogP contribution in [0.1, 0.15) is 26.2 Å². The minimum Gasteiger partial charge on any atom is -0.481 e. The van der Waals surface area contributed by atoms with E-state index in [-0.39, 0.29) is 5.92 Å². The summed E-state index contributed by atoms with van der Waals surface area (Å²) in [6, 6.07) is 0.668. The lowest BCUT2D eigenvalue weighted by Crippen LogP contribution is -2.51. The topological polar surface area (TPSA) is 43.8 Å². The second kappa shape index (κ2) is 5.36. The molecule has 4 nitrogen and oxygen atoms in total. The van der Waals surface area contributed by atoms with Gasteiger partial charge < -0.3 is 10.0 Å². The fourth-order valence-corrected chi connectivity index (χ4v) is 3.36. The van der Waals surface area contributed by atoms with Crippen LogP contribution in [0.4, 0.5) is 0 Å². The molecule has 0 aliphatic carbocycles. The van der Waals surface area contributed by atoms with Crippen LogP contribution in [-0.2, 0) is 4.79 Å². The lowest BCUT2D eigenvalue weighted by Gasteiger charge is -2.44. The van der Waals surface area contributed by atoms with Gasteiger partial charge in [0.1, 0.15) is 0 Å². The molecule has 0 saturated carbocycles. The molecule has 0 bridgehead atoms. The molecular formula is C13H24N2O2. The van der Waals surface area contributed by atoms with Crippen molar-refractivity contribution in [2.24, 2.45) is 11.8 Å². The first-order valence-corrected chi connectivity index (χ1v) is 6.73. The number of hydrogen-bond acceptors (Lipinski definition) is 3. The van der Waals surface area contributed by atoms with E-state index in [1.54, 1.807) is 0 Å². The van der Waals surface area contributed by atoms with Crippen LogP contribution in [0.25, 0.3) is 0 Å². The van der Waals surface area contributed by atoms with Crippen LogP contribution in [0, 0.1) is 11.8 Å². The normalized spacial score (nSPS) is 33.8. The van der Waals surface area contributed by atoms with Gasteiger partial charge >= 0.3 is 5.97 Å². The van der Waals surface area contributed by atoms with Gasteiger partial charge in [-0.25, -0.2) is 0 Å². The Morgan fingerprint density at radius 3 is 2.35 bits per heavy atom. The van der Waals surface area contributed by atoms with Crippen LogP contribution in [0.2, 0.25) is 0 Å². The monoisotopic (exact) mass is 240 g/mol. The molecule has 17 heavy (non-hydrogen) atoms. The first-order valence-electron chi connectivity index (χ1n) is 6.73. The van der Waals surface area contributed by atoms with Gasteiger partial charge in [0.05, 0.1) is 5.92 Å². The Labute approximate surface area is 104 Å². The standard InChI is InChI=1S/C13H24N2O2/c1-10-9-14(2)6-5-12(10)15-7-3-11(4-8-15)13(16)17/h10-12H,3-9H2,1-2H3,(H,16,17). The molecule has 2 rings (SSSR count). The van der Waals surface area contributed by atoms with Gasteiger partial charge in [0.25, 0.3) is 0 Å². The Kier molecular flexibility index (Phi) is 4.05. The molecule has 98 valence electrons. The molecule has 2 unspecified atom stereocenters. The molecule has 2 aliphatic heterocycles. The lowest BCUT2D eigenvalue weighted by atomic mass is 9.89. The van der Waals surface area contributed by atoms with Crippen molar-refractivity contribution in [1.29, 1.82) is 0 Å². The molecule has 1 N–H and O–H groups in total. The third-order valence-electron chi connectivity index (χ3n) is 4.41. The highest BCUT2D eigenvalue weighted by molar-refractivity contribution is 5.70. The third-order valence-corrected chi connectivity index (χ3v) is 4.41. The number of rotatable bonds is 2. The summed E-state index contributed by atoms with van der Waals surface area (Å²) < 4.78 is 0. The predicted octanol–water partition coefficient (Wildman–Crippen LogP) is 1.12. The maximum absolute atomic E-state index is 10.9. The molecule has 2 heterocycles. The van der Waals surface area contributed by atoms with Gasteiger partial charge in [-0.15, -0.1) is 0 Å². The van der Waals surface area contributed by atoms with E-state index in [0.29, 0.717) is 12.0 Å². The summed E-state index contributed by atoms with van der Waals surface area (Å²) in [5.41, 5.74) is 0. The Bertz CT molecular complexity index is 275. The highest BCUT2D eigenvalue weighted by atomic mass is 16.4. The van der Waals surface area contributed by atoms with Gasteiger partial charge in [-0.1, -0.05) is 6.92 Å². The molecule has 0 amide bonds. The largest absolute Gasteiger partial charge is 0.481 e. The fraction of sp³-hybridized carbons (Fsp3) is 0.923. The molecule has 0 radical (unpaired) electrons. The average molecular weight is 240 g/mol. The Balaban J connectivity index is 1.86. The molecule has 0 aromatic carbocycles. The smallest absolute Gasteiger partial charge is 0.306 e. The zero-order valence-corrected chi connectivity index (χ0v) is 10.9. The van der Waals surface area contributed by atoms with Gasteiger partial charge in [-0.2, -0.15) is 0 Å². The molecule has 0 aromatic heterocycles. The van der Waals surface area contributed by atoms with Gasteiger partial charge in [-0.3, -0.25) is 9.69 Å². The van der Waals surface area contributed by atoms with Crippen LogP contribution in [0.15, 0.2) is 0 Å². The van der Waals surface area contributed by atoms with Crippen molar-refractivity contribution in [3.63, 3.8) is 0 Å². The molecular weight excluding hydrogens is 216 g/mol. The van der Waals surface area contributed by atoms with E-state index in [1.165, 1.54) is 19.5 Å². The van der Waals surface area contributed by atoms with E-state index < -0.39 is 5.97 Å². The highest BCUT2D eigenvalue weighted by Gasteiger charge is 2.33. The van der Waals surface area contributed by atoms with Crippen LogP contribution in [0.3, 0.4) is 0 Å². The van der Waals surface area contributed by atoms with Gasteiger partial charge in [0.15, 0.2) is 0 Å². The number of piperidine rings is 2. The predicted molar refractivity (Wildman–Crippen MR) is 67.0 cm³/mol. The van der Waals surface area contributed by atoms with Gasteiger partial charge in [0.2, 0.25) is 0 Å². The molecule has 0 aromatic rings. The Hall–Kier alpha value is -0.610. The number of nitrogens with zero attached hydrogens (tertiary/aromatic N) is 2. The Morgan fingerprint density at radius 1 is 1.18 bits per heavy atom. The number of aliphatic carboxylic acids is 1. The van der Waals surface area contributed by atoms with E-state index in [1.807, 2.05) is 0 Å². The second-order valence-corrected chi connectivity index (χ2v) is 5.74. The highest BCUT2D eigenvalue weighted by Crippen LogP contribution is 2.26. The van der Waals surface area contributed by atoms with Crippen molar-refractivity contribution in [3.05, 3.63) is 0 Å². The fourth-order valence-electron chi connectivity index (χ4n) is 3.36. The minimum absolute atomic E-state index is 0.104. The number of carbonyl (C=O) groups is 1. The number of likely N-dealkylation sites (tertiary alicyclic amines) is 2. The van der Waals surface area contributed by atoms with Gasteiger partial charge in [0, 0.05) is 12.6 Å². The second-order valence-electron chi connectivity index (χ2n) is 5.74. The van der Waals surface area contributed by atoms with E-state index in [4.69, 9.17) is 5.11 Å². The summed E-state index contributed by atoms with van der Waals surface area (Å²) >= 11 is 0. The van der Waals surface area contributed by atoms with Gasteiger partial charge in [-0.05, 0) is 51.9 Å². The van der Waals surface area contributed by atoms with Crippen molar-refractivity contribution < 1.29 is 9.90 Å². The molecule has 2 saturated heterocycles. The first-order chi connectivity index (χ1) is 8.08. The van der Waals surface area contributed by atoms with Crippen molar-refractivity contribution in [3.8, 4) is 0 Å². The molecule has 0 spiro atoms. The van der Waals surface area contributed by atoms with Crippen molar-refractivity contribution >= 4 is 5.97 Å². The summed E-state index contributed by atoms with van der Waals surface area (Å²) in [7, 11) is 2.18. The number of carboxylic acids is 1. The van der Waals surface area contributed by atoms with Crippen molar-refractivity contribution in [1.82, 2.24) is 9.80 Å². The first kappa shape index (κ1) is 12.8. The minimum atomic E-state index is -0.610. The lowest BCUT2D eigenvalue weighted by molar-refractivity contribution is -0.143. The summed E-state index contributed by atoms with van der Waals surface area (Å²) in [4.78, 5) is 15.8. The van der Waals surface area contributed by atoms with Crippen LogP contribution in [0.5, 0.6) is 0 Å². The molecule has 2 atom stereocenters. The summed E-state index contributed by atoms with van der Waals surface area (Å²) in [6.45, 7) is 6.60. The zero-order chi connectivity index (χ0) is 12.4. The molecule has 2 fully saturated rings. The zero-order valence-electron chi connectivity index (χ0n) is 10.9. The van der Waals surface area contributed by atoms with E-state index in [0.717, 1.165) is 25.9 Å².